The molecule has 0 aliphatic carbocycles. The van der Waals surface area contributed by atoms with Gasteiger partial charge in [0.05, 0.1) is 11.6 Å². The second kappa shape index (κ2) is 9.50. The van der Waals surface area contributed by atoms with Crippen LogP contribution in [-0.4, -0.2) is 74.0 Å². The Kier molecular flexibility index (Phi) is 6.66. The van der Waals surface area contributed by atoms with E-state index in [4.69, 9.17) is 4.74 Å². The molecule has 7 heteroatoms. The van der Waals surface area contributed by atoms with E-state index in [1.165, 1.54) is 0 Å². The summed E-state index contributed by atoms with van der Waals surface area (Å²) in [5.74, 6) is -0.559. The highest BCUT2D eigenvalue weighted by atomic mass is 16.5. The summed E-state index contributed by atoms with van der Waals surface area (Å²) in [7, 11) is 7.87. The maximum absolute atomic E-state index is 13.2. The smallest absolute Gasteiger partial charge is 0.295 e. The molecule has 2 aliphatic heterocycles. The number of carbonyl (C=O) groups excluding carboxylic acids is 2. The van der Waals surface area contributed by atoms with Gasteiger partial charge in [-0.1, -0.05) is 12.1 Å². The number of carbonyl (C=O) groups is 2. The summed E-state index contributed by atoms with van der Waals surface area (Å²) >= 11 is 0. The highest BCUT2D eigenvalue weighted by molar-refractivity contribution is 6.46. The molecular formula is C27H33N3O4. The zero-order chi connectivity index (χ0) is 24.6. The maximum atomic E-state index is 13.2. The van der Waals surface area contributed by atoms with Crippen LogP contribution in [0.1, 0.15) is 36.1 Å². The number of ether oxygens (including phenoxy) is 1. The normalized spacial score (nSPS) is 21.2. The summed E-state index contributed by atoms with van der Waals surface area (Å²) in [6, 6.07) is 12.6. The van der Waals surface area contributed by atoms with Crippen molar-refractivity contribution in [1.29, 1.82) is 0 Å². The fourth-order valence-corrected chi connectivity index (χ4v) is 4.69. The zero-order valence-electron chi connectivity index (χ0n) is 20.5. The Balaban J connectivity index is 1.77. The number of likely N-dealkylation sites (tertiary alicyclic amines) is 1. The number of ketones is 1. The van der Waals surface area contributed by atoms with E-state index in [0.717, 1.165) is 42.0 Å². The number of hydrogen-bond donors (Lipinski definition) is 1. The van der Waals surface area contributed by atoms with Crippen molar-refractivity contribution in [3.8, 4) is 5.75 Å². The van der Waals surface area contributed by atoms with Crippen LogP contribution < -0.4 is 9.64 Å². The second-order valence-corrected chi connectivity index (χ2v) is 9.59. The van der Waals surface area contributed by atoms with Gasteiger partial charge in [0.2, 0.25) is 0 Å². The maximum Gasteiger partial charge on any atom is 0.295 e. The number of rotatable bonds is 7. The third-order valence-electron chi connectivity index (χ3n) is 6.44. The van der Waals surface area contributed by atoms with Gasteiger partial charge in [0, 0.05) is 38.3 Å². The van der Waals surface area contributed by atoms with Gasteiger partial charge in [0.15, 0.2) is 0 Å². The number of hydrogen-bond acceptors (Lipinski definition) is 6. The molecule has 0 aromatic heterocycles. The quantitative estimate of drug-likeness (QED) is 0.385. The lowest BCUT2D eigenvalue weighted by Crippen LogP contribution is -2.32. The van der Waals surface area contributed by atoms with Crippen molar-refractivity contribution in [2.45, 2.75) is 31.9 Å². The Hall–Kier alpha value is -3.32. The van der Waals surface area contributed by atoms with Gasteiger partial charge >= 0.3 is 0 Å². The van der Waals surface area contributed by atoms with Crippen LogP contribution in [0.5, 0.6) is 5.75 Å². The minimum atomic E-state index is -0.644. The summed E-state index contributed by atoms with van der Waals surface area (Å²) in [5.41, 5.74) is 3.47. The van der Waals surface area contributed by atoms with E-state index >= 15 is 0 Å². The molecule has 2 aromatic carbocycles. The molecule has 4 rings (SSSR count). The zero-order valence-corrected chi connectivity index (χ0v) is 20.5. The van der Waals surface area contributed by atoms with E-state index in [2.05, 4.69) is 0 Å². The van der Waals surface area contributed by atoms with E-state index in [0.29, 0.717) is 12.1 Å². The number of nitrogens with zero attached hydrogens (tertiary/aromatic N) is 3. The average molecular weight is 464 g/mol. The summed E-state index contributed by atoms with van der Waals surface area (Å²) in [4.78, 5) is 32.0. The fraction of sp³-hybridized carbons (Fsp3) is 0.407. The van der Waals surface area contributed by atoms with Crippen LogP contribution in [0.2, 0.25) is 0 Å². The third kappa shape index (κ3) is 4.53. The van der Waals surface area contributed by atoms with Crippen LogP contribution >= 0.6 is 0 Å². The number of aliphatic hydroxyl groups is 1. The Labute approximate surface area is 201 Å². The van der Waals surface area contributed by atoms with Crippen LogP contribution in [0, 0.1) is 0 Å². The molecule has 2 aromatic rings. The van der Waals surface area contributed by atoms with Crippen molar-refractivity contribution >= 4 is 23.1 Å². The van der Waals surface area contributed by atoms with Gasteiger partial charge in [-0.25, -0.2) is 0 Å². The fourth-order valence-electron chi connectivity index (χ4n) is 4.69. The predicted molar refractivity (Wildman–Crippen MR) is 133 cm³/mol. The first kappa shape index (κ1) is 23.8. The van der Waals surface area contributed by atoms with Gasteiger partial charge in [-0.05, 0) is 75.4 Å². The SMILES string of the molecule is CC1Cc2cc(/C(O)=C3/C(=O)C(=O)N(CCCN(C)C)C3c3ccc(N(C)C)cc3)ccc2O1. The van der Waals surface area contributed by atoms with E-state index < -0.39 is 17.7 Å². The first-order valence-electron chi connectivity index (χ1n) is 11.7. The van der Waals surface area contributed by atoms with Crippen molar-refractivity contribution in [2.24, 2.45) is 0 Å². The molecule has 0 saturated carbocycles. The van der Waals surface area contributed by atoms with Crippen molar-refractivity contribution in [3.63, 3.8) is 0 Å². The lowest BCUT2D eigenvalue weighted by molar-refractivity contribution is -0.139. The molecule has 180 valence electrons. The van der Waals surface area contributed by atoms with E-state index in [9.17, 15) is 14.7 Å². The molecule has 1 saturated heterocycles. The third-order valence-corrected chi connectivity index (χ3v) is 6.44. The van der Waals surface area contributed by atoms with Gasteiger partial charge in [-0.2, -0.15) is 0 Å². The second-order valence-electron chi connectivity index (χ2n) is 9.59. The van der Waals surface area contributed by atoms with Crippen LogP contribution in [0.4, 0.5) is 5.69 Å². The molecule has 2 heterocycles. The first-order chi connectivity index (χ1) is 16.2. The molecule has 7 nitrogen and oxygen atoms in total. The number of amides is 1. The van der Waals surface area contributed by atoms with Gasteiger partial charge in [0.25, 0.3) is 11.7 Å². The molecular weight excluding hydrogens is 430 g/mol. The van der Waals surface area contributed by atoms with Crippen LogP contribution in [0.25, 0.3) is 5.76 Å². The summed E-state index contributed by atoms with van der Waals surface area (Å²) < 4.78 is 5.77. The standard InChI is InChI=1S/C27H33N3O4/c1-17-15-20-16-19(9-12-22(20)34-17)25(31)23-24(18-7-10-21(11-8-18)29(4)5)30(27(33)26(23)32)14-6-13-28(2)3/h7-12,16-17,24,31H,6,13-15H2,1-5H3/b25-23-. The van der Waals surface area contributed by atoms with Crippen LogP contribution in [-0.2, 0) is 16.0 Å². The highest BCUT2D eigenvalue weighted by Gasteiger charge is 2.45. The molecule has 1 amide bonds. The Morgan fingerprint density at radius 1 is 1.09 bits per heavy atom. The van der Waals surface area contributed by atoms with Gasteiger partial charge in [-0.3, -0.25) is 9.59 Å². The number of fused-ring (bicyclic) bond motifs is 1. The molecule has 0 bridgehead atoms. The van der Waals surface area contributed by atoms with E-state index in [1.54, 1.807) is 11.0 Å². The average Bonchev–Trinajstić information content (AvgIpc) is 3.29. The molecule has 2 atom stereocenters. The topological polar surface area (TPSA) is 73.3 Å². The van der Waals surface area contributed by atoms with Crippen molar-refractivity contribution in [3.05, 3.63) is 64.7 Å². The lowest BCUT2D eigenvalue weighted by atomic mass is 9.94. The van der Waals surface area contributed by atoms with Gasteiger partial charge in [0.1, 0.15) is 17.6 Å². The van der Waals surface area contributed by atoms with E-state index in [-0.39, 0.29) is 17.4 Å². The number of anilines is 1. The molecule has 1 fully saturated rings. The minimum absolute atomic E-state index is 0.0740. The van der Waals surface area contributed by atoms with Gasteiger partial charge in [-0.15, -0.1) is 0 Å². The predicted octanol–water partition coefficient (Wildman–Crippen LogP) is 3.45. The summed E-state index contributed by atoms with van der Waals surface area (Å²) in [5, 5.41) is 11.3. The Morgan fingerprint density at radius 3 is 2.44 bits per heavy atom. The lowest BCUT2D eigenvalue weighted by Gasteiger charge is -2.26. The Morgan fingerprint density at radius 2 is 1.79 bits per heavy atom. The molecule has 0 spiro atoms. The van der Waals surface area contributed by atoms with E-state index in [1.807, 2.05) is 81.3 Å². The molecule has 2 unspecified atom stereocenters. The largest absolute Gasteiger partial charge is 0.507 e. The summed E-state index contributed by atoms with van der Waals surface area (Å²) in [6.07, 6.45) is 1.54. The number of aliphatic hydroxyl groups excluding tert-OH is 1. The van der Waals surface area contributed by atoms with Crippen molar-refractivity contribution in [2.75, 3.05) is 46.2 Å². The Bertz CT molecular complexity index is 1120. The van der Waals surface area contributed by atoms with Crippen molar-refractivity contribution in [1.82, 2.24) is 9.80 Å². The highest BCUT2D eigenvalue weighted by Crippen LogP contribution is 2.41. The first-order valence-corrected chi connectivity index (χ1v) is 11.7. The number of Topliss-reactive ketones (excluding diaryl/α,β-unsaturated/α-hetero) is 1. The van der Waals surface area contributed by atoms with Gasteiger partial charge < -0.3 is 24.5 Å². The summed E-state index contributed by atoms with van der Waals surface area (Å²) in [6.45, 7) is 3.21. The number of benzene rings is 2. The van der Waals surface area contributed by atoms with Crippen molar-refractivity contribution < 1.29 is 19.4 Å². The molecule has 0 radical (unpaired) electrons. The molecule has 34 heavy (non-hydrogen) atoms. The van der Waals surface area contributed by atoms with Crippen LogP contribution in [0.15, 0.2) is 48.0 Å². The monoisotopic (exact) mass is 463 g/mol. The molecule has 1 N–H and O–H groups in total. The minimum Gasteiger partial charge on any atom is -0.507 e. The van der Waals surface area contributed by atoms with Crippen LogP contribution in [0.3, 0.4) is 0 Å². The molecule has 2 aliphatic rings.